The van der Waals surface area contributed by atoms with E-state index in [1.807, 2.05) is 30.3 Å². The number of ether oxygens (including phenoxy) is 1. The Morgan fingerprint density at radius 1 is 1.23 bits per heavy atom. The Morgan fingerprint density at radius 3 is 2.62 bits per heavy atom. The molecule has 0 spiro atoms. The van der Waals surface area contributed by atoms with Crippen molar-refractivity contribution in [2.75, 3.05) is 5.73 Å². The van der Waals surface area contributed by atoms with Crippen LogP contribution in [0.1, 0.15) is 0 Å². The van der Waals surface area contributed by atoms with E-state index in [1.54, 1.807) is 0 Å². The van der Waals surface area contributed by atoms with E-state index >= 15 is 0 Å². The van der Waals surface area contributed by atoms with E-state index in [2.05, 4.69) is 15.2 Å². The van der Waals surface area contributed by atoms with Crippen LogP contribution in [-0.4, -0.2) is 15.2 Å². The van der Waals surface area contributed by atoms with Gasteiger partial charge in [0.1, 0.15) is 5.75 Å². The van der Waals surface area contributed by atoms with Crippen LogP contribution in [0, 0.1) is 0 Å². The Morgan fingerprint density at radius 2 is 2.00 bits per heavy atom. The average Bonchev–Trinajstić information content (AvgIpc) is 2.53. The molecule has 0 aliphatic heterocycles. The molecule has 5 heteroatoms. The molecule has 5 nitrogen and oxygen atoms in total. The molecule has 13 heavy (non-hydrogen) atoms. The van der Waals surface area contributed by atoms with Gasteiger partial charge >= 0.3 is 6.01 Å². The third-order valence-electron chi connectivity index (χ3n) is 1.44. The number of hydrogen-bond acceptors (Lipinski definition) is 4. The van der Waals surface area contributed by atoms with Gasteiger partial charge in [-0.15, -0.1) is 5.10 Å². The van der Waals surface area contributed by atoms with Crippen molar-refractivity contribution in [1.29, 1.82) is 0 Å². The molecule has 1 aromatic heterocycles. The fourth-order valence-electron chi connectivity index (χ4n) is 0.905. The maximum Gasteiger partial charge on any atom is 0.319 e. The molecule has 0 aliphatic carbocycles. The van der Waals surface area contributed by atoms with E-state index in [-0.39, 0.29) is 5.95 Å². The third-order valence-corrected chi connectivity index (χ3v) is 1.44. The molecular weight excluding hydrogens is 168 g/mol. The van der Waals surface area contributed by atoms with Crippen LogP contribution in [0.2, 0.25) is 0 Å². The van der Waals surface area contributed by atoms with Crippen LogP contribution < -0.4 is 10.5 Å². The van der Waals surface area contributed by atoms with E-state index in [1.165, 1.54) is 0 Å². The van der Waals surface area contributed by atoms with Gasteiger partial charge in [0.2, 0.25) is 5.95 Å². The highest BCUT2D eigenvalue weighted by atomic mass is 16.5. The Labute approximate surface area is 74.6 Å². The van der Waals surface area contributed by atoms with Gasteiger partial charge in [0, 0.05) is 0 Å². The quantitative estimate of drug-likeness (QED) is 0.720. The molecule has 66 valence electrons. The molecule has 2 aromatic rings. The van der Waals surface area contributed by atoms with Gasteiger partial charge in [-0.1, -0.05) is 18.2 Å². The van der Waals surface area contributed by atoms with E-state index in [4.69, 9.17) is 10.5 Å². The Kier molecular flexibility index (Phi) is 1.84. The number of anilines is 1. The predicted molar refractivity (Wildman–Crippen MR) is 47.3 cm³/mol. The first-order valence-corrected chi connectivity index (χ1v) is 3.75. The number of para-hydroxylation sites is 1. The lowest BCUT2D eigenvalue weighted by molar-refractivity contribution is 0.444. The van der Waals surface area contributed by atoms with Crippen LogP contribution in [0.25, 0.3) is 0 Å². The summed E-state index contributed by atoms with van der Waals surface area (Å²) < 4.78 is 5.29. The van der Waals surface area contributed by atoms with Gasteiger partial charge in [0.05, 0.1) is 0 Å². The molecule has 0 saturated heterocycles. The summed E-state index contributed by atoms with van der Waals surface area (Å²) in [5, 5.41) is 6.18. The lowest BCUT2D eigenvalue weighted by Crippen LogP contribution is -1.87. The highest BCUT2D eigenvalue weighted by molar-refractivity contribution is 5.25. The number of hydrogen-bond donors (Lipinski definition) is 2. The van der Waals surface area contributed by atoms with E-state index < -0.39 is 0 Å². The van der Waals surface area contributed by atoms with Crippen LogP contribution in [0.15, 0.2) is 30.3 Å². The van der Waals surface area contributed by atoms with Crippen molar-refractivity contribution in [3.63, 3.8) is 0 Å². The number of aromatic nitrogens is 3. The second kappa shape index (κ2) is 3.14. The maximum atomic E-state index is 5.30. The highest BCUT2D eigenvalue weighted by Crippen LogP contribution is 2.16. The fraction of sp³-hybridized carbons (Fsp3) is 0. The average molecular weight is 176 g/mol. The number of rotatable bonds is 2. The third kappa shape index (κ3) is 1.76. The number of H-pyrrole nitrogens is 1. The zero-order valence-corrected chi connectivity index (χ0v) is 6.77. The van der Waals surface area contributed by atoms with Gasteiger partial charge in [-0.3, -0.25) is 0 Å². The molecule has 0 bridgehead atoms. The molecule has 1 aromatic carbocycles. The summed E-state index contributed by atoms with van der Waals surface area (Å²) in [6.45, 7) is 0. The maximum absolute atomic E-state index is 5.30. The molecule has 2 rings (SSSR count). The first-order chi connectivity index (χ1) is 6.34. The van der Waals surface area contributed by atoms with Crippen molar-refractivity contribution in [2.24, 2.45) is 0 Å². The second-order valence-electron chi connectivity index (χ2n) is 2.41. The van der Waals surface area contributed by atoms with Crippen LogP contribution >= 0.6 is 0 Å². The Bertz CT molecular complexity index is 384. The topological polar surface area (TPSA) is 76.8 Å². The number of nitrogens with one attached hydrogen (secondary N) is 1. The summed E-state index contributed by atoms with van der Waals surface area (Å²) in [5.41, 5.74) is 5.30. The van der Waals surface area contributed by atoms with Crippen LogP contribution in [-0.2, 0) is 0 Å². The smallest absolute Gasteiger partial charge is 0.319 e. The summed E-state index contributed by atoms with van der Waals surface area (Å²) in [6.07, 6.45) is 0. The van der Waals surface area contributed by atoms with E-state index in [0.717, 1.165) is 0 Å². The molecule has 0 unspecified atom stereocenters. The zero-order valence-electron chi connectivity index (χ0n) is 6.77. The van der Waals surface area contributed by atoms with Crippen LogP contribution in [0.4, 0.5) is 5.95 Å². The summed E-state index contributed by atoms with van der Waals surface area (Å²) in [5.74, 6) is 0.865. The summed E-state index contributed by atoms with van der Waals surface area (Å²) >= 11 is 0. The number of nitrogens with two attached hydrogens (primary N) is 1. The van der Waals surface area contributed by atoms with Gasteiger partial charge in [0.25, 0.3) is 0 Å². The SMILES string of the molecule is Nc1n[nH]c(Oc2ccccc2)n1. The first kappa shape index (κ1) is 7.60. The van der Waals surface area contributed by atoms with E-state index in [9.17, 15) is 0 Å². The molecule has 0 radical (unpaired) electrons. The second-order valence-corrected chi connectivity index (χ2v) is 2.41. The Hall–Kier alpha value is -2.04. The predicted octanol–water partition coefficient (Wildman–Crippen LogP) is 1.18. The van der Waals surface area contributed by atoms with Crippen molar-refractivity contribution >= 4 is 5.95 Å². The minimum atomic E-state index is 0.172. The van der Waals surface area contributed by atoms with Gasteiger partial charge in [0.15, 0.2) is 0 Å². The molecule has 0 saturated carbocycles. The fourth-order valence-corrected chi connectivity index (χ4v) is 0.905. The Balaban J connectivity index is 2.15. The molecular formula is C8H8N4O. The molecule has 0 atom stereocenters. The highest BCUT2D eigenvalue weighted by Gasteiger charge is 2.00. The van der Waals surface area contributed by atoms with Gasteiger partial charge < -0.3 is 10.5 Å². The minimum Gasteiger partial charge on any atom is -0.425 e. The van der Waals surface area contributed by atoms with E-state index in [0.29, 0.717) is 11.8 Å². The monoisotopic (exact) mass is 176 g/mol. The number of aromatic amines is 1. The summed E-state index contributed by atoms with van der Waals surface area (Å²) in [4.78, 5) is 3.79. The van der Waals surface area contributed by atoms with Crippen molar-refractivity contribution < 1.29 is 4.74 Å². The molecule has 3 N–H and O–H groups in total. The standard InChI is InChI=1S/C8H8N4O/c9-7-10-8(12-11-7)13-6-4-2-1-3-5-6/h1-5H,(H3,9,10,11,12). The zero-order chi connectivity index (χ0) is 9.10. The van der Waals surface area contributed by atoms with Crippen LogP contribution in [0.3, 0.4) is 0 Å². The van der Waals surface area contributed by atoms with Crippen molar-refractivity contribution in [1.82, 2.24) is 15.2 Å². The van der Waals surface area contributed by atoms with Crippen LogP contribution in [0.5, 0.6) is 11.8 Å². The summed E-state index contributed by atoms with van der Waals surface area (Å²) in [6, 6.07) is 9.58. The van der Waals surface area contributed by atoms with Gasteiger partial charge in [-0.05, 0) is 12.1 Å². The first-order valence-electron chi connectivity index (χ1n) is 3.75. The number of nitrogens with zero attached hydrogens (tertiary/aromatic N) is 2. The molecule has 1 heterocycles. The minimum absolute atomic E-state index is 0.172. The largest absolute Gasteiger partial charge is 0.425 e. The van der Waals surface area contributed by atoms with Gasteiger partial charge in [-0.2, -0.15) is 4.98 Å². The van der Waals surface area contributed by atoms with Crippen molar-refractivity contribution in [2.45, 2.75) is 0 Å². The van der Waals surface area contributed by atoms with Crippen molar-refractivity contribution in [3.05, 3.63) is 30.3 Å². The summed E-state index contributed by atoms with van der Waals surface area (Å²) in [7, 11) is 0. The molecule has 0 aliphatic rings. The molecule has 0 fully saturated rings. The number of nitrogen functional groups attached to an aromatic ring is 1. The molecule has 0 amide bonds. The lowest BCUT2D eigenvalue weighted by Gasteiger charge is -1.98. The van der Waals surface area contributed by atoms with Crippen molar-refractivity contribution in [3.8, 4) is 11.8 Å². The number of benzene rings is 1. The van der Waals surface area contributed by atoms with Gasteiger partial charge in [-0.25, -0.2) is 5.10 Å². The normalized spacial score (nSPS) is 9.85. The lowest BCUT2D eigenvalue weighted by atomic mass is 10.3.